The molecule has 0 unspecified atom stereocenters. The SMILES string of the molecule is Cc1csc(NC(=O)c2nc(C)sc2Nc2cc(C3CC3)nn2C)n1. The molecule has 0 radical (unpaired) electrons. The van der Waals surface area contributed by atoms with E-state index in [0.717, 1.165) is 22.2 Å². The van der Waals surface area contributed by atoms with Crippen molar-refractivity contribution in [3.8, 4) is 0 Å². The number of nitrogens with zero attached hydrogens (tertiary/aromatic N) is 4. The van der Waals surface area contributed by atoms with Crippen LogP contribution in [0.25, 0.3) is 0 Å². The summed E-state index contributed by atoms with van der Waals surface area (Å²) < 4.78 is 1.81. The summed E-state index contributed by atoms with van der Waals surface area (Å²) in [4.78, 5) is 21.2. The van der Waals surface area contributed by atoms with E-state index in [4.69, 9.17) is 0 Å². The second-order valence-electron chi connectivity index (χ2n) is 6.14. The first-order valence-electron chi connectivity index (χ1n) is 8.01. The average molecular weight is 374 g/mol. The van der Waals surface area contributed by atoms with Crippen molar-refractivity contribution in [3.05, 3.63) is 33.5 Å². The Kier molecular flexibility index (Phi) is 4.04. The lowest BCUT2D eigenvalue weighted by Gasteiger charge is -2.06. The molecule has 130 valence electrons. The molecule has 2 N–H and O–H groups in total. The van der Waals surface area contributed by atoms with Gasteiger partial charge >= 0.3 is 0 Å². The Balaban J connectivity index is 1.57. The molecule has 0 atom stereocenters. The Hall–Kier alpha value is -2.26. The maximum Gasteiger partial charge on any atom is 0.279 e. The molecule has 1 fully saturated rings. The van der Waals surface area contributed by atoms with Gasteiger partial charge in [0.15, 0.2) is 10.8 Å². The van der Waals surface area contributed by atoms with Crippen molar-refractivity contribution in [1.82, 2.24) is 19.7 Å². The lowest BCUT2D eigenvalue weighted by atomic mass is 10.3. The van der Waals surface area contributed by atoms with Crippen LogP contribution in [0.15, 0.2) is 11.4 Å². The molecular formula is C16H18N6OS2. The molecule has 0 spiro atoms. The number of hydrogen-bond acceptors (Lipinski definition) is 7. The van der Waals surface area contributed by atoms with Crippen LogP contribution in [-0.2, 0) is 7.05 Å². The fourth-order valence-electron chi connectivity index (χ4n) is 2.53. The number of thiazole rings is 2. The highest BCUT2D eigenvalue weighted by Crippen LogP contribution is 2.40. The minimum absolute atomic E-state index is 0.259. The average Bonchev–Trinajstić information content (AvgIpc) is 3.09. The number of carbonyl (C=O) groups is 1. The Bertz CT molecular complexity index is 936. The maximum absolute atomic E-state index is 12.6. The number of aromatic nitrogens is 4. The summed E-state index contributed by atoms with van der Waals surface area (Å²) in [7, 11) is 1.90. The minimum atomic E-state index is -0.259. The second-order valence-corrected chi connectivity index (χ2v) is 8.20. The summed E-state index contributed by atoms with van der Waals surface area (Å²) in [5.41, 5.74) is 2.37. The molecule has 1 aliphatic rings. The van der Waals surface area contributed by atoms with E-state index in [2.05, 4.69) is 31.8 Å². The van der Waals surface area contributed by atoms with Crippen molar-refractivity contribution in [2.45, 2.75) is 32.6 Å². The van der Waals surface area contributed by atoms with Crippen LogP contribution < -0.4 is 10.6 Å². The summed E-state index contributed by atoms with van der Waals surface area (Å²) in [5, 5.41) is 14.7. The molecular weight excluding hydrogens is 356 g/mol. The van der Waals surface area contributed by atoms with Gasteiger partial charge in [0.1, 0.15) is 10.8 Å². The van der Waals surface area contributed by atoms with Gasteiger partial charge < -0.3 is 5.32 Å². The summed E-state index contributed by atoms with van der Waals surface area (Å²) in [6, 6.07) is 2.05. The molecule has 0 aliphatic heterocycles. The predicted molar refractivity (Wildman–Crippen MR) is 100 cm³/mol. The van der Waals surface area contributed by atoms with Crippen molar-refractivity contribution in [2.75, 3.05) is 10.6 Å². The molecule has 1 saturated carbocycles. The van der Waals surface area contributed by atoms with Gasteiger partial charge in [-0.1, -0.05) is 0 Å². The van der Waals surface area contributed by atoms with E-state index in [1.165, 1.54) is 35.5 Å². The molecule has 4 rings (SSSR count). The third kappa shape index (κ3) is 3.42. The summed E-state index contributed by atoms with van der Waals surface area (Å²) >= 11 is 2.86. The zero-order valence-electron chi connectivity index (χ0n) is 14.2. The first-order valence-corrected chi connectivity index (χ1v) is 9.71. The molecule has 0 bridgehead atoms. The van der Waals surface area contributed by atoms with Gasteiger partial charge in [-0.2, -0.15) is 5.10 Å². The van der Waals surface area contributed by atoms with Gasteiger partial charge in [-0.3, -0.25) is 14.8 Å². The molecule has 3 heterocycles. The van der Waals surface area contributed by atoms with Gasteiger partial charge in [0, 0.05) is 24.4 Å². The van der Waals surface area contributed by atoms with Crippen molar-refractivity contribution < 1.29 is 4.79 Å². The van der Waals surface area contributed by atoms with Crippen LogP contribution in [0.4, 0.5) is 16.0 Å². The number of amides is 1. The van der Waals surface area contributed by atoms with Crippen LogP contribution in [0.2, 0.25) is 0 Å². The lowest BCUT2D eigenvalue weighted by molar-refractivity contribution is 0.102. The van der Waals surface area contributed by atoms with E-state index in [1.807, 2.05) is 31.0 Å². The van der Waals surface area contributed by atoms with Crippen LogP contribution in [-0.4, -0.2) is 25.7 Å². The highest BCUT2D eigenvalue weighted by molar-refractivity contribution is 7.16. The monoisotopic (exact) mass is 374 g/mol. The Labute approximate surface area is 153 Å². The molecule has 0 saturated heterocycles. The smallest absolute Gasteiger partial charge is 0.279 e. The zero-order valence-corrected chi connectivity index (χ0v) is 15.8. The molecule has 7 nitrogen and oxygen atoms in total. The first kappa shape index (κ1) is 16.2. The fraction of sp³-hybridized carbons (Fsp3) is 0.375. The van der Waals surface area contributed by atoms with Crippen LogP contribution in [0.3, 0.4) is 0 Å². The van der Waals surface area contributed by atoms with Crippen molar-refractivity contribution in [1.29, 1.82) is 0 Å². The molecule has 1 amide bonds. The Morgan fingerprint density at radius 3 is 2.80 bits per heavy atom. The molecule has 9 heteroatoms. The molecule has 3 aromatic rings. The summed E-state index contributed by atoms with van der Waals surface area (Å²) in [5.74, 6) is 1.19. The standard InChI is InChI=1S/C16H18N6OS2/c1-8-7-24-16(17-8)20-14(23)13-15(25-9(2)18-13)19-12-6-11(10-4-5-10)21-22(12)3/h6-7,10,19H,4-5H2,1-3H3,(H,17,20,23). The van der Waals surface area contributed by atoms with E-state index >= 15 is 0 Å². The summed E-state index contributed by atoms with van der Waals surface area (Å²) in [6.45, 7) is 3.78. The maximum atomic E-state index is 12.6. The van der Waals surface area contributed by atoms with Crippen molar-refractivity contribution >= 4 is 44.5 Å². The topological polar surface area (TPSA) is 84.7 Å². The van der Waals surface area contributed by atoms with Crippen molar-refractivity contribution in [3.63, 3.8) is 0 Å². The van der Waals surface area contributed by atoms with Gasteiger partial charge in [-0.15, -0.1) is 22.7 Å². The van der Waals surface area contributed by atoms with Gasteiger partial charge in [-0.25, -0.2) is 9.97 Å². The summed E-state index contributed by atoms with van der Waals surface area (Å²) in [6.07, 6.45) is 2.41. The highest BCUT2D eigenvalue weighted by Gasteiger charge is 2.27. The van der Waals surface area contributed by atoms with Gasteiger partial charge in [0.05, 0.1) is 16.4 Å². The number of rotatable bonds is 5. The fourth-order valence-corrected chi connectivity index (χ4v) is 4.04. The Morgan fingerprint density at radius 1 is 1.32 bits per heavy atom. The molecule has 0 aromatic carbocycles. The molecule has 1 aliphatic carbocycles. The largest absolute Gasteiger partial charge is 0.330 e. The van der Waals surface area contributed by atoms with E-state index in [1.54, 1.807) is 0 Å². The second kappa shape index (κ2) is 6.23. The van der Waals surface area contributed by atoms with E-state index < -0.39 is 0 Å². The lowest BCUT2D eigenvalue weighted by Crippen LogP contribution is -2.14. The van der Waals surface area contributed by atoms with Crippen LogP contribution in [0, 0.1) is 13.8 Å². The number of anilines is 3. The van der Waals surface area contributed by atoms with Crippen LogP contribution in [0.5, 0.6) is 0 Å². The van der Waals surface area contributed by atoms with Gasteiger partial charge in [0.25, 0.3) is 5.91 Å². The zero-order chi connectivity index (χ0) is 17.6. The van der Waals surface area contributed by atoms with Gasteiger partial charge in [0.2, 0.25) is 0 Å². The number of carbonyl (C=O) groups excluding carboxylic acids is 1. The number of aryl methyl sites for hydroxylation is 3. The van der Waals surface area contributed by atoms with Crippen LogP contribution in [0.1, 0.15) is 45.6 Å². The van der Waals surface area contributed by atoms with E-state index in [-0.39, 0.29) is 5.91 Å². The minimum Gasteiger partial charge on any atom is -0.330 e. The molecule has 25 heavy (non-hydrogen) atoms. The predicted octanol–water partition coefficient (Wildman–Crippen LogP) is 3.82. The Morgan fingerprint density at radius 2 is 2.12 bits per heavy atom. The molecule has 3 aromatic heterocycles. The van der Waals surface area contributed by atoms with Gasteiger partial charge in [-0.05, 0) is 26.7 Å². The highest BCUT2D eigenvalue weighted by atomic mass is 32.1. The third-order valence-electron chi connectivity index (χ3n) is 3.92. The van der Waals surface area contributed by atoms with Crippen LogP contribution >= 0.6 is 22.7 Å². The first-order chi connectivity index (χ1) is 12.0. The quantitative estimate of drug-likeness (QED) is 0.709. The normalized spacial score (nSPS) is 13.9. The van der Waals surface area contributed by atoms with E-state index in [0.29, 0.717) is 21.7 Å². The van der Waals surface area contributed by atoms with Crippen molar-refractivity contribution in [2.24, 2.45) is 7.05 Å². The number of nitrogens with one attached hydrogen (secondary N) is 2. The number of hydrogen-bond donors (Lipinski definition) is 2. The third-order valence-corrected chi connectivity index (χ3v) is 5.69. The van der Waals surface area contributed by atoms with E-state index in [9.17, 15) is 4.79 Å².